The SMILES string of the molecule is Clc1ccc(Cc2nnc(-c3ccco3)o2)cc1. The minimum Gasteiger partial charge on any atom is -0.459 e. The zero-order chi connectivity index (χ0) is 12.4. The lowest BCUT2D eigenvalue weighted by Crippen LogP contribution is -1.87. The lowest BCUT2D eigenvalue weighted by molar-refractivity contribution is 0.488. The van der Waals surface area contributed by atoms with Crippen LogP contribution >= 0.6 is 11.6 Å². The van der Waals surface area contributed by atoms with E-state index in [0.717, 1.165) is 5.56 Å². The van der Waals surface area contributed by atoms with Crippen LogP contribution in [0.2, 0.25) is 5.02 Å². The summed E-state index contributed by atoms with van der Waals surface area (Å²) in [4.78, 5) is 0. The summed E-state index contributed by atoms with van der Waals surface area (Å²) in [5.74, 6) is 1.51. The van der Waals surface area contributed by atoms with Crippen molar-refractivity contribution in [1.29, 1.82) is 0 Å². The van der Waals surface area contributed by atoms with Gasteiger partial charge in [0.1, 0.15) is 0 Å². The number of halogens is 1. The van der Waals surface area contributed by atoms with Gasteiger partial charge >= 0.3 is 0 Å². The van der Waals surface area contributed by atoms with Crippen molar-refractivity contribution < 1.29 is 8.83 Å². The summed E-state index contributed by atoms with van der Waals surface area (Å²) >= 11 is 5.82. The van der Waals surface area contributed by atoms with E-state index in [9.17, 15) is 0 Å². The highest BCUT2D eigenvalue weighted by Gasteiger charge is 2.10. The van der Waals surface area contributed by atoms with Gasteiger partial charge in [0.15, 0.2) is 5.76 Å². The molecular formula is C13H9ClN2O2. The molecule has 3 aromatic rings. The highest BCUT2D eigenvalue weighted by Crippen LogP contribution is 2.19. The number of benzene rings is 1. The molecule has 2 aromatic heterocycles. The molecule has 0 aliphatic heterocycles. The van der Waals surface area contributed by atoms with Crippen LogP contribution in [0.25, 0.3) is 11.7 Å². The third-order valence-corrected chi connectivity index (χ3v) is 2.72. The molecule has 0 fully saturated rings. The van der Waals surface area contributed by atoms with Gasteiger partial charge in [-0.3, -0.25) is 0 Å². The molecule has 1 aromatic carbocycles. The molecule has 0 saturated heterocycles. The van der Waals surface area contributed by atoms with Crippen molar-refractivity contribution in [1.82, 2.24) is 10.2 Å². The summed E-state index contributed by atoms with van der Waals surface area (Å²) in [5.41, 5.74) is 1.06. The number of aromatic nitrogens is 2. The zero-order valence-corrected chi connectivity index (χ0v) is 10.1. The standard InChI is InChI=1S/C13H9ClN2O2/c14-10-5-3-9(4-6-10)8-12-15-16-13(18-12)11-2-1-7-17-11/h1-7H,8H2. The first-order valence-electron chi connectivity index (χ1n) is 5.42. The molecule has 0 radical (unpaired) electrons. The highest BCUT2D eigenvalue weighted by atomic mass is 35.5. The van der Waals surface area contributed by atoms with E-state index in [1.54, 1.807) is 18.4 Å². The molecule has 0 saturated carbocycles. The van der Waals surface area contributed by atoms with Crippen LogP contribution in [0.5, 0.6) is 0 Å². The average Bonchev–Trinajstić information content (AvgIpc) is 3.02. The Kier molecular flexibility index (Phi) is 2.86. The molecule has 0 atom stereocenters. The fourth-order valence-electron chi connectivity index (χ4n) is 1.60. The molecule has 18 heavy (non-hydrogen) atoms. The minimum absolute atomic E-state index is 0.393. The second kappa shape index (κ2) is 4.66. The van der Waals surface area contributed by atoms with E-state index >= 15 is 0 Å². The number of furan rings is 1. The quantitative estimate of drug-likeness (QED) is 0.722. The number of hydrogen-bond donors (Lipinski definition) is 0. The van der Waals surface area contributed by atoms with Gasteiger partial charge in [0.05, 0.1) is 12.7 Å². The fourth-order valence-corrected chi connectivity index (χ4v) is 1.73. The number of rotatable bonds is 3. The Labute approximate surface area is 108 Å². The zero-order valence-electron chi connectivity index (χ0n) is 9.34. The van der Waals surface area contributed by atoms with Crippen LogP contribution in [-0.2, 0) is 6.42 Å². The van der Waals surface area contributed by atoms with Gasteiger partial charge in [-0.25, -0.2) is 0 Å². The first-order chi connectivity index (χ1) is 8.81. The van der Waals surface area contributed by atoms with Crippen LogP contribution in [-0.4, -0.2) is 10.2 Å². The van der Waals surface area contributed by atoms with Crippen LogP contribution in [0.3, 0.4) is 0 Å². The van der Waals surface area contributed by atoms with Gasteiger partial charge in [0.25, 0.3) is 5.89 Å². The van der Waals surface area contributed by atoms with Gasteiger partial charge in [-0.1, -0.05) is 23.7 Å². The maximum atomic E-state index is 5.82. The summed E-state index contributed by atoms with van der Waals surface area (Å²) in [5, 5.41) is 8.62. The van der Waals surface area contributed by atoms with Crippen LogP contribution in [0.4, 0.5) is 0 Å². The summed E-state index contributed by atoms with van der Waals surface area (Å²) in [6.07, 6.45) is 2.14. The van der Waals surface area contributed by atoms with E-state index in [2.05, 4.69) is 10.2 Å². The maximum Gasteiger partial charge on any atom is 0.283 e. The van der Waals surface area contributed by atoms with Crippen LogP contribution in [0.15, 0.2) is 51.5 Å². The predicted octanol–water partition coefficient (Wildman–Crippen LogP) is 3.57. The van der Waals surface area contributed by atoms with Crippen molar-refractivity contribution in [2.24, 2.45) is 0 Å². The summed E-state index contributed by atoms with van der Waals surface area (Å²) in [7, 11) is 0. The lowest BCUT2D eigenvalue weighted by Gasteiger charge is -1.96. The Morgan fingerprint density at radius 1 is 1.06 bits per heavy atom. The Bertz CT molecular complexity index is 629. The normalized spacial score (nSPS) is 10.7. The third kappa shape index (κ3) is 2.28. The number of hydrogen-bond acceptors (Lipinski definition) is 4. The van der Waals surface area contributed by atoms with Crippen molar-refractivity contribution in [3.05, 3.63) is 59.1 Å². The molecule has 0 unspecified atom stereocenters. The lowest BCUT2D eigenvalue weighted by atomic mass is 10.1. The topological polar surface area (TPSA) is 52.1 Å². The molecule has 4 nitrogen and oxygen atoms in total. The van der Waals surface area contributed by atoms with E-state index < -0.39 is 0 Å². The maximum absolute atomic E-state index is 5.82. The van der Waals surface area contributed by atoms with E-state index in [1.165, 1.54) is 0 Å². The second-order valence-electron chi connectivity index (χ2n) is 3.78. The minimum atomic E-state index is 0.393. The van der Waals surface area contributed by atoms with E-state index in [0.29, 0.717) is 29.0 Å². The monoisotopic (exact) mass is 260 g/mol. The first kappa shape index (κ1) is 11.0. The van der Waals surface area contributed by atoms with E-state index in [1.807, 2.05) is 24.3 Å². The molecule has 3 rings (SSSR count). The van der Waals surface area contributed by atoms with Crippen LogP contribution in [0, 0.1) is 0 Å². The Balaban J connectivity index is 1.80. The molecule has 0 aliphatic rings. The van der Waals surface area contributed by atoms with Crippen molar-refractivity contribution in [3.63, 3.8) is 0 Å². The Morgan fingerprint density at radius 3 is 2.61 bits per heavy atom. The summed E-state index contributed by atoms with van der Waals surface area (Å²) in [6, 6.07) is 11.1. The van der Waals surface area contributed by atoms with Crippen molar-refractivity contribution in [2.75, 3.05) is 0 Å². The molecule has 0 N–H and O–H groups in total. The van der Waals surface area contributed by atoms with Crippen molar-refractivity contribution in [3.8, 4) is 11.7 Å². The van der Waals surface area contributed by atoms with Crippen LogP contribution < -0.4 is 0 Å². The van der Waals surface area contributed by atoms with Gasteiger partial charge in [0.2, 0.25) is 5.89 Å². The van der Waals surface area contributed by atoms with Crippen molar-refractivity contribution in [2.45, 2.75) is 6.42 Å². The van der Waals surface area contributed by atoms with Gasteiger partial charge < -0.3 is 8.83 Å². The van der Waals surface area contributed by atoms with Gasteiger partial charge in [-0.05, 0) is 29.8 Å². The molecule has 5 heteroatoms. The second-order valence-corrected chi connectivity index (χ2v) is 4.22. The Hall–Kier alpha value is -2.07. The van der Waals surface area contributed by atoms with Gasteiger partial charge in [0, 0.05) is 5.02 Å². The number of nitrogens with zero attached hydrogens (tertiary/aromatic N) is 2. The predicted molar refractivity (Wildman–Crippen MR) is 66.3 cm³/mol. The smallest absolute Gasteiger partial charge is 0.283 e. The Morgan fingerprint density at radius 2 is 1.89 bits per heavy atom. The largest absolute Gasteiger partial charge is 0.459 e. The first-order valence-corrected chi connectivity index (χ1v) is 5.80. The molecule has 2 heterocycles. The van der Waals surface area contributed by atoms with Gasteiger partial charge in [-0.2, -0.15) is 0 Å². The third-order valence-electron chi connectivity index (χ3n) is 2.47. The molecular weight excluding hydrogens is 252 g/mol. The van der Waals surface area contributed by atoms with Crippen LogP contribution in [0.1, 0.15) is 11.5 Å². The summed E-state index contributed by atoms with van der Waals surface area (Å²) in [6.45, 7) is 0. The van der Waals surface area contributed by atoms with Gasteiger partial charge in [-0.15, -0.1) is 10.2 Å². The average molecular weight is 261 g/mol. The fraction of sp³-hybridized carbons (Fsp3) is 0.0769. The molecule has 0 spiro atoms. The molecule has 90 valence electrons. The molecule has 0 bridgehead atoms. The van der Waals surface area contributed by atoms with E-state index in [4.69, 9.17) is 20.4 Å². The highest BCUT2D eigenvalue weighted by molar-refractivity contribution is 6.30. The summed E-state index contributed by atoms with van der Waals surface area (Å²) < 4.78 is 10.7. The molecule has 0 aliphatic carbocycles. The van der Waals surface area contributed by atoms with Crippen molar-refractivity contribution >= 4 is 11.6 Å². The molecule has 0 amide bonds. The van der Waals surface area contributed by atoms with E-state index in [-0.39, 0.29) is 0 Å².